The molecule has 0 radical (unpaired) electrons. The van der Waals surface area contributed by atoms with E-state index in [4.69, 9.17) is 18.6 Å². The van der Waals surface area contributed by atoms with Crippen LogP contribution in [-0.4, -0.2) is 5.11 Å². The fourth-order valence-corrected chi connectivity index (χ4v) is 3.68. The zero-order chi connectivity index (χ0) is 18.5. The Kier molecular flexibility index (Phi) is 8.73. The summed E-state index contributed by atoms with van der Waals surface area (Å²) in [6.07, 6.45) is 0. The summed E-state index contributed by atoms with van der Waals surface area (Å²) >= 11 is -0.556. The van der Waals surface area contributed by atoms with Crippen molar-refractivity contribution in [1.82, 2.24) is 0 Å². The molecule has 0 amide bonds. The van der Waals surface area contributed by atoms with Gasteiger partial charge >= 0.3 is 35.6 Å². The molecule has 0 heterocycles. The maximum atomic E-state index is 14.0. The maximum absolute atomic E-state index is 14.0. The average molecular weight is 423 g/mol. The van der Waals surface area contributed by atoms with E-state index in [1.165, 1.54) is 6.07 Å². The van der Waals surface area contributed by atoms with Crippen LogP contribution in [0.2, 0.25) is 0 Å². The number of phenolic OH excluding ortho intramolecular Hbond substituents is 1. The molecule has 2 aromatic rings. The third kappa shape index (κ3) is 6.01. The van der Waals surface area contributed by atoms with Crippen molar-refractivity contribution < 1.29 is 26.5 Å². The summed E-state index contributed by atoms with van der Waals surface area (Å²) in [4.78, 5) is 0. The minimum absolute atomic E-state index is 0.120. The van der Waals surface area contributed by atoms with Crippen LogP contribution in [0.15, 0.2) is 30.3 Å². The van der Waals surface area contributed by atoms with Gasteiger partial charge < -0.3 is 5.11 Å². The van der Waals surface area contributed by atoms with E-state index in [9.17, 15) is 9.50 Å². The molecule has 1 N–H and O–H groups in total. The first-order chi connectivity index (χ1) is 11.1. The Morgan fingerprint density at radius 1 is 1.12 bits per heavy atom. The molecule has 1 nitrogen and oxygen atoms in total. The fraction of sp³-hybridized carbons (Fsp3) is 0.333. The van der Waals surface area contributed by atoms with Gasteiger partial charge in [-0.1, -0.05) is 47.6 Å². The number of rotatable bonds is 2. The second-order valence-corrected chi connectivity index (χ2v) is 10.5. The van der Waals surface area contributed by atoms with Gasteiger partial charge in [0, 0.05) is 16.2 Å². The van der Waals surface area contributed by atoms with E-state index < -0.39 is 17.0 Å². The molecule has 24 heavy (non-hydrogen) atoms. The molecule has 0 spiro atoms. The molecule has 0 saturated heterocycles. The Hall–Kier alpha value is -0.106. The third-order valence-electron chi connectivity index (χ3n) is 3.54. The van der Waals surface area contributed by atoms with E-state index in [0.29, 0.717) is 11.1 Å². The molecule has 0 aliphatic rings. The van der Waals surface area contributed by atoms with Crippen LogP contribution in [0.5, 0.6) is 5.75 Å². The fourth-order valence-electron chi connectivity index (χ4n) is 2.37. The van der Waals surface area contributed by atoms with Crippen molar-refractivity contribution >= 4 is 37.8 Å². The number of hydrogen-bond acceptors (Lipinski definition) is 1. The Bertz CT molecular complexity index is 682. The number of halogens is 3. The molecule has 0 aliphatic heterocycles. The van der Waals surface area contributed by atoms with Crippen molar-refractivity contribution in [1.29, 1.82) is 0 Å². The van der Waals surface area contributed by atoms with Crippen molar-refractivity contribution in [3.8, 4) is 5.75 Å². The number of phenols is 1. The van der Waals surface area contributed by atoms with E-state index in [2.05, 4.69) is 20.8 Å². The van der Waals surface area contributed by atoms with Gasteiger partial charge in [-0.15, -0.1) is 0 Å². The Morgan fingerprint density at radius 3 is 2.21 bits per heavy atom. The predicted octanol–water partition coefficient (Wildman–Crippen LogP) is 5.45. The molecule has 2 rings (SSSR count). The van der Waals surface area contributed by atoms with Gasteiger partial charge in [-0.05, 0) is 42.5 Å². The van der Waals surface area contributed by atoms with Crippen molar-refractivity contribution in [2.24, 2.45) is 0 Å². The van der Waals surface area contributed by atoms with Crippen LogP contribution < -0.4 is 10.6 Å². The zero-order valence-corrected chi connectivity index (χ0v) is 18.5. The van der Waals surface area contributed by atoms with Crippen LogP contribution in [-0.2, 0) is 22.4 Å². The predicted molar refractivity (Wildman–Crippen MR) is 102 cm³/mol. The number of hydrogen-bond donors (Lipinski definition) is 1. The van der Waals surface area contributed by atoms with Gasteiger partial charge in [-0.3, -0.25) is 0 Å². The Labute approximate surface area is 162 Å². The summed E-state index contributed by atoms with van der Waals surface area (Å²) in [5.41, 5.74) is 2.79. The average Bonchev–Trinajstić information content (AvgIpc) is 2.46. The normalized spacial score (nSPS) is 11.3. The van der Waals surface area contributed by atoms with E-state index in [1.54, 1.807) is 6.07 Å². The molecule has 0 fully saturated rings. The summed E-state index contributed by atoms with van der Waals surface area (Å²) in [5, 5.41) is 12.1. The molecular weight excluding hydrogens is 401 g/mol. The van der Waals surface area contributed by atoms with Gasteiger partial charge in [0.1, 0.15) is 11.6 Å². The van der Waals surface area contributed by atoms with Crippen LogP contribution in [0, 0.1) is 19.7 Å². The Morgan fingerprint density at radius 2 is 1.71 bits per heavy atom. The van der Waals surface area contributed by atoms with Gasteiger partial charge in [0.15, 0.2) is 0 Å². The van der Waals surface area contributed by atoms with E-state index in [0.717, 1.165) is 22.0 Å². The quantitative estimate of drug-likeness (QED) is 0.503. The number of benzene rings is 2. The molecule has 0 aliphatic carbocycles. The molecule has 6 heteroatoms. The topological polar surface area (TPSA) is 20.2 Å². The van der Waals surface area contributed by atoms with Crippen LogP contribution in [0.4, 0.5) is 4.39 Å². The molecule has 1 unspecified atom stereocenters. The van der Waals surface area contributed by atoms with Crippen molar-refractivity contribution in [2.45, 2.75) is 40.0 Å². The standard InChI is InChI=1S/C18H22FOP.2ClH.Ti/c1-11-9-13(18(3,4)5)16(20)15(10-11)21-17-12(2)7-6-8-14(17)19;;;/h6-10,20-21H,1-5H3;2*1H;/q;;;+2/p-2. The van der Waals surface area contributed by atoms with Crippen molar-refractivity contribution in [3.05, 3.63) is 52.8 Å². The van der Waals surface area contributed by atoms with Crippen LogP contribution in [0.3, 0.4) is 0 Å². The third-order valence-corrected chi connectivity index (χ3v) is 5.08. The Balaban J connectivity index is 0.000000891. The summed E-state index contributed by atoms with van der Waals surface area (Å²) in [6.45, 7) is 10.1. The SMILES string of the molecule is Cc1cc(Pc2c(C)cccc2F)c(O)c(C(C)(C)C)c1.[Cl][Ti][Cl]. The van der Waals surface area contributed by atoms with Gasteiger partial charge in [0.2, 0.25) is 0 Å². The summed E-state index contributed by atoms with van der Waals surface area (Å²) in [5.74, 6) is 0.0978. The first kappa shape index (κ1) is 21.9. The number of aromatic hydroxyl groups is 1. The van der Waals surface area contributed by atoms with E-state index in [-0.39, 0.29) is 19.8 Å². The van der Waals surface area contributed by atoms with Gasteiger partial charge in [0.05, 0.1) is 0 Å². The molecule has 0 aromatic heterocycles. The summed E-state index contributed by atoms with van der Waals surface area (Å²) < 4.78 is 14.0. The molecule has 0 bridgehead atoms. The van der Waals surface area contributed by atoms with E-state index >= 15 is 0 Å². The number of aryl methyl sites for hydroxylation is 2. The molecular formula is C18H22Cl2FOPTi. The van der Waals surface area contributed by atoms with E-state index in [1.807, 2.05) is 32.0 Å². The minimum atomic E-state index is -0.556. The molecule has 1 atom stereocenters. The molecule has 130 valence electrons. The zero-order valence-electron chi connectivity index (χ0n) is 14.5. The van der Waals surface area contributed by atoms with Crippen LogP contribution >= 0.6 is 27.2 Å². The van der Waals surface area contributed by atoms with Crippen molar-refractivity contribution in [2.75, 3.05) is 0 Å². The monoisotopic (exact) mass is 422 g/mol. The summed E-state index contributed by atoms with van der Waals surface area (Å²) in [7, 11) is 9.90. The second-order valence-electron chi connectivity index (χ2n) is 6.59. The first-order valence-electron chi connectivity index (χ1n) is 7.44. The van der Waals surface area contributed by atoms with Gasteiger partial charge in [0.25, 0.3) is 0 Å². The van der Waals surface area contributed by atoms with Crippen LogP contribution in [0.25, 0.3) is 0 Å². The van der Waals surface area contributed by atoms with Crippen molar-refractivity contribution in [3.63, 3.8) is 0 Å². The first-order valence-corrected chi connectivity index (χ1v) is 12.7. The molecule has 2 aromatic carbocycles. The second kappa shape index (κ2) is 9.55. The van der Waals surface area contributed by atoms with Gasteiger partial charge in [-0.2, -0.15) is 0 Å². The van der Waals surface area contributed by atoms with Crippen LogP contribution in [0.1, 0.15) is 37.5 Å². The summed E-state index contributed by atoms with van der Waals surface area (Å²) in [6, 6.07) is 9.07. The van der Waals surface area contributed by atoms with Gasteiger partial charge in [-0.25, -0.2) is 4.39 Å². The molecule has 0 saturated carbocycles.